The Balaban J connectivity index is 2.12. The number of fused-ring (bicyclic) bond motifs is 1. The molecule has 1 aromatic heterocycles. The third kappa shape index (κ3) is 4.37. The van der Waals surface area contributed by atoms with Crippen LogP contribution < -0.4 is 5.56 Å². The maximum atomic E-state index is 11.9. The van der Waals surface area contributed by atoms with E-state index in [-0.39, 0.29) is 17.9 Å². The van der Waals surface area contributed by atoms with E-state index in [9.17, 15) is 13.2 Å². The number of aromatic amines is 1. The molecule has 0 atom stereocenters. The molecule has 0 fully saturated rings. The highest BCUT2D eigenvalue weighted by atomic mass is 32.2. The molecule has 114 valence electrons. The van der Waals surface area contributed by atoms with E-state index < -0.39 is 10.1 Å². The van der Waals surface area contributed by atoms with Crippen molar-refractivity contribution in [3.8, 4) is 0 Å². The maximum absolute atomic E-state index is 11.9. The van der Waals surface area contributed by atoms with E-state index in [0.29, 0.717) is 16.5 Å². The van der Waals surface area contributed by atoms with Gasteiger partial charge < -0.3 is 4.98 Å². The molecule has 0 saturated carbocycles. The number of hydrogen-bond donors (Lipinski definition) is 1. The number of hydrogen-bond acceptors (Lipinski definition) is 5. The Kier molecular flexibility index (Phi) is 5.08. The van der Waals surface area contributed by atoms with Crippen molar-refractivity contribution in [1.29, 1.82) is 0 Å². The molecule has 6 nitrogen and oxygen atoms in total. The summed E-state index contributed by atoms with van der Waals surface area (Å²) in [6.07, 6.45) is 3.98. The molecule has 0 saturated heterocycles. The molecule has 0 aliphatic rings. The normalized spacial score (nSPS) is 11.9. The molecule has 0 amide bonds. The molecule has 0 aliphatic heterocycles. The Hall–Kier alpha value is -1.73. The average molecular weight is 310 g/mol. The zero-order valence-corrected chi connectivity index (χ0v) is 12.6. The number of nitrogens with one attached hydrogen (secondary N) is 1. The lowest BCUT2D eigenvalue weighted by atomic mass is 10.2. The molecule has 1 aromatic carbocycles. The van der Waals surface area contributed by atoms with Crippen molar-refractivity contribution in [2.45, 2.75) is 31.9 Å². The fourth-order valence-corrected chi connectivity index (χ4v) is 3.03. The van der Waals surface area contributed by atoms with Gasteiger partial charge in [-0.1, -0.05) is 25.8 Å². The smallest absolute Gasteiger partial charge is 0.271 e. The molecule has 7 heteroatoms. The van der Waals surface area contributed by atoms with E-state index >= 15 is 0 Å². The minimum Gasteiger partial charge on any atom is -0.313 e. The first-order valence-electron chi connectivity index (χ1n) is 6.85. The molecule has 0 aliphatic carbocycles. The lowest BCUT2D eigenvalue weighted by Crippen LogP contribution is -2.11. The molecule has 0 unspecified atom stereocenters. The molecular weight excluding hydrogens is 292 g/mol. The second kappa shape index (κ2) is 6.82. The Labute approximate surface area is 123 Å². The van der Waals surface area contributed by atoms with Gasteiger partial charge in [-0.05, 0) is 24.1 Å². The fourth-order valence-electron chi connectivity index (χ4n) is 1.99. The van der Waals surface area contributed by atoms with Gasteiger partial charge in [0.25, 0.3) is 15.7 Å². The van der Waals surface area contributed by atoms with Gasteiger partial charge in [-0.2, -0.15) is 8.42 Å². The molecule has 1 heterocycles. The first-order valence-corrected chi connectivity index (χ1v) is 8.43. The van der Waals surface area contributed by atoms with Crippen molar-refractivity contribution in [2.24, 2.45) is 0 Å². The minimum absolute atomic E-state index is 0.200. The largest absolute Gasteiger partial charge is 0.313 e. The predicted molar refractivity (Wildman–Crippen MR) is 80.5 cm³/mol. The van der Waals surface area contributed by atoms with Crippen molar-refractivity contribution >= 4 is 21.0 Å². The van der Waals surface area contributed by atoms with Crippen molar-refractivity contribution in [1.82, 2.24) is 9.97 Å². The van der Waals surface area contributed by atoms with Crippen LogP contribution in [0.15, 0.2) is 29.3 Å². The highest BCUT2D eigenvalue weighted by Crippen LogP contribution is 2.13. The second-order valence-electron chi connectivity index (χ2n) is 4.81. The van der Waals surface area contributed by atoms with Crippen LogP contribution in [-0.2, 0) is 20.1 Å². The van der Waals surface area contributed by atoms with E-state index in [2.05, 4.69) is 9.97 Å². The van der Waals surface area contributed by atoms with Gasteiger partial charge in [0.05, 0.1) is 23.8 Å². The zero-order valence-electron chi connectivity index (χ0n) is 11.8. The molecule has 0 radical (unpaired) electrons. The molecule has 0 spiro atoms. The van der Waals surface area contributed by atoms with Crippen LogP contribution in [0.4, 0.5) is 0 Å². The number of aromatic nitrogens is 2. The number of rotatable bonds is 7. The number of benzene rings is 1. The lowest BCUT2D eigenvalue weighted by molar-refractivity contribution is 0.307. The number of unbranched alkanes of at least 4 members (excludes halogenated alkanes) is 2. The van der Waals surface area contributed by atoms with Gasteiger partial charge in [-0.25, -0.2) is 4.98 Å². The van der Waals surface area contributed by atoms with Crippen LogP contribution in [-0.4, -0.2) is 25.0 Å². The van der Waals surface area contributed by atoms with E-state index in [1.807, 2.05) is 6.92 Å². The predicted octanol–water partition coefficient (Wildman–Crippen LogP) is 1.96. The molecule has 1 N–H and O–H groups in total. The van der Waals surface area contributed by atoms with Gasteiger partial charge in [0.1, 0.15) is 5.75 Å². The van der Waals surface area contributed by atoms with Gasteiger partial charge in [0, 0.05) is 0 Å². The van der Waals surface area contributed by atoms with Gasteiger partial charge in [-0.3, -0.25) is 8.98 Å². The Bertz CT molecular complexity index is 768. The number of nitrogens with zero attached hydrogens (tertiary/aromatic N) is 1. The topological polar surface area (TPSA) is 89.1 Å². The van der Waals surface area contributed by atoms with Crippen LogP contribution in [0.2, 0.25) is 0 Å². The SMILES string of the molecule is CCCCCOS(=O)(=O)Cc1ccc2nc[nH]c(=O)c2c1. The summed E-state index contributed by atoms with van der Waals surface area (Å²) in [6.45, 7) is 2.24. The quantitative estimate of drug-likeness (QED) is 0.624. The number of H-pyrrole nitrogens is 1. The van der Waals surface area contributed by atoms with Crippen molar-refractivity contribution < 1.29 is 12.6 Å². The molecular formula is C14H18N2O4S. The standard InChI is InChI=1S/C14H18N2O4S/c1-2-3-4-7-20-21(18,19)9-11-5-6-13-12(8-11)14(17)16-10-15-13/h5-6,8,10H,2-4,7,9H2,1H3,(H,15,16,17). The third-order valence-electron chi connectivity index (χ3n) is 3.06. The third-order valence-corrected chi connectivity index (χ3v) is 4.27. The highest BCUT2D eigenvalue weighted by molar-refractivity contribution is 7.85. The second-order valence-corrected chi connectivity index (χ2v) is 6.45. The molecule has 2 rings (SSSR count). The van der Waals surface area contributed by atoms with Gasteiger partial charge in [0.2, 0.25) is 0 Å². The van der Waals surface area contributed by atoms with Crippen molar-refractivity contribution in [3.05, 3.63) is 40.4 Å². The average Bonchev–Trinajstić information content (AvgIpc) is 2.44. The van der Waals surface area contributed by atoms with E-state index in [1.54, 1.807) is 12.1 Å². The Morgan fingerprint density at radius 3 is 2.86 bits per heavy atom. The van der Waals surface area contributed by atoms with E-state index in [1.165, 1.54) is 12.4 Å². The van der Waals surface area contributed by atoms with E-state index in [0.717, 1.165) is 19.3 Å². The summed E-state index contributed by atoms with van der Waals surface area (Å²) in [5.41, 5.74) is 0.753. The molecule has 21 heavy (non-hydrogen) atoms. The van der Waals surface area contributed by atoms with Crippen molar-refractivity contribution in [2.75, 3.05) is 6.61 Å². The van der Waals surface area contributed by atoms with Gasteiger partial charge >= 0.3 is 0 Å². The van der Waals surface area contributed by atoms with Crippen LogP contribution in [0.1, 0.15) is 31.7 Å². The van der Waals surface area contributed by atoms with Crippen LogP contribution in [0, 0.1) is 0 Å². The summed E-state index contributed by atoms with van der Waals surface area (Å²) in [7, 11) is -3.63. The summed E-state index contributed by atoms with van der Waals surface area (Å²) >= 11 is 0. The summed E-state index contributed by atoms with van der Waals surface area (Å²) in [4.78, 5) is 18.1. The van der Waals surface area contributed by atoms with Crippen LogP contribution >= 0.6 is 0 Å². The van der Waals surface area contributed by atoms with Gasteiger partial charge in [0.15, 0.2) is 0 Å². The highest BCUT2D eigenvalue weighted by Gasteiger charge is 2.13. The van der Waals surface area contributed by atoms with Crippen LogP contribution in [0.5, 0.6) is 0 Å². The first-order chi connectivity index (χ1) is 10.0. The Morgan fingerprint density at radius 1 is 1.29 bits per heavy atom. The Morgan fingerprint density at radius 2 is 2.10 bits per heavy atom. The zero-order chi connectivity index (χ0) is 15.3. The minimum atomic E-state index is -3.63. The van der Waals surface area contributed by atoms with Crippen LogP contribution in [0.3, 0.4) is 0 Å². The lowest BCUT2D eigenvalue weighted by Gasteiger charge is -2.06. The van der Waals surface area contributed by atoms with E-state index in [4.69, 9.17) is 4.18 Å². The summed E-state index contributed by atoms with van der Waals surface area (Å²) in [6, 6.07) is 4.81. The summed E-state index contributed by atoms with van der Waals surface area (Å²) in [5, 5.41) is 0.371. The maximum Gasteiger partial charge on any atom is 0.271 e. The van der Waals surface area contributed by atoms with Crippen molar-refractivity contribution in [3.63, 3.8) is 0 Å². The summed E-state index contributed by atoms with van der Waals surface area (Å²) in [5.74, 6) is -0.247. The summed E-state index contributed by atoms with van der Waals surface area (Å²) < 4.78 is 28.7. The van der Waals surface area contributed by atoms with Gasteiger partial charge in [-0.15, -0.1) is 0 Å². The molecule has 0 bridgehead atoms. The molecule has 2 aromatic rings. The monoisotopic (exact) mass is 310 g/mol. The fraction of sp³-hybridized carbons (Fsp3) is 0.429. The van der Waals surface area contributed by atoms with Crippen LogP contribution in [0.25, 0.3) is 10.9 Å². The first kappa shape index (κ1) is 15.7.